The molecule has 0 heterocycles. The predicted molar refractivity (Wildman–Crippen MR) is 73.9 cm³/mol. The van der Waals surface area contributed by atoms with E-state index in [1.807, 2.05) is 19.2 Å². The van der Waals surface area contributed by atoms with Crippen LogP contribution in [0.25, 0.3) is 0 Å². The second kappa shape index (κ2) is 4.81. The fourth-order valence-corrected chi connectivity index (χ4v) is 2.86. The molecule has 1 aromatic rings. The van der Waals surface area contributed by atoms with Gasteiger partial charge in [-0.3, -0.25) is 0 Å². The zero-order valence-electron chi connectivity index (χ0n) is 11.4. The van der Waals surface area contributed by atoms with Crippen LogP contribution in [0.5, 0.6) is 5.75 Å². The van der Waals surface area contributed by atoms with E-state index in [-0.39, 0.29) is 17.3 Å². The summed E-state index contributed by atoms with van der Waals surface area (Å²) in [7, 11) is 2.03. The van der Waals surface area contributed by atoms with Crippen LogP contribution in [0, 0.1) is 11.3 Å². The van der Waals surface area contributed by atoms with Crippen molar-refractivity contribution in [2.24, 2.45) is 11.3 Å². The van der Waals surface area contributed by atoms with Crippen LogP contribution in [0.4, 0.5) is 5.69 Å². The Morgan fingerprint density at radius 2 is 1.89 bits per heavy atom. The van der Waals surface area contributed by atoms with Gasteiger partial charge in [0.15, 0.2) is 0 Å². The number of benzene rings is 1. The second-order valence-electron chi connectivity index (χ2n) is 6.13. The summed E-state index contributed by atoms with van der Waals surface area (Å²) in [6, 6.07) is 7.20. The Morgan fingerprint density at radius 3 is 2.39 bits per heavy atom. The molecule has 1 aromatic carbocycles. The highest BCUT2D eigenvalue weighted by Gasteiger charge is 2.40. The van der Waals surface area contributed by atoms with Crippen molar-refractivity contribution in [2.75, 3.05) is 18.5 Å². The van der Waals surface area contributed by atoms with Crippen molar-refractivity contribution in [3.8, 4) is 5.75 Å². The monoisotopic (exact) mass is 249 g/mol. The number of hydrogen-bond acceptors (Lipinski definition) is 3. The zero-order chi connectivity index (χ0) is 13.3. The van der Waals surface area contributed by atoms with E-state index in [1.165, 1.54) is 0 Å². The third-order valence-electron chi connectivity index (χ3n) is 4.21. The van der Waals surface area contributed by atoms with E-state index >= 15 is 0 Å². The van der Waals surface area contributed by atoms with Crippen molar-refractivity contribution in [3.63, 3.8) is 0 Å². The molecule has 0 spiro atoms. The van der Waals surface area contributed by atoms with Crippen LogP contribution in [-0.2, 0) is 0 Å². The van der Waals surface area contributed by atoms with E-state index in [1.54, 1.807) is 12.1 Å². The van der Waals surface area contributed by atoms with Crippen LogP contribution in [0.15, 0.2) is 24.3 Å². The first kappa shape index (κ1) is 13.2. The number of anilines is 1. The maximum absolute atomic E-state index is 10.3. The molecule has 1 fully saturated rings. The van der Waals surface area contributed by atoms with Crippen molar-refractivity contribution in [2.45, 2.75) is 32.8 Å². The summed E-state index contributed by atoms with van der Waals surface area (Å²) in [6.45, 7) is 5.13. The first-order chi connectivity index (χ1) is 8.40. The van der Waals surface area contributed by atoms with Gasteiger partial charge in [-0.05, 0) is 42.5 Å². The lowest BCUT2D eigenvalue weighted by Crippen LogP contribution is -2.34. The highest BCUT2D eigenvalue weighted by molar-refractivity contribution is 5.48. The molecule has 2 rings (SSSR count). The van der Waals surface area contributed by atoms with Crippen LogP contribution in [0.3, 0.4) is 0 Å². The highest BCUT2D eigenvalue weighted by atomic mass is 16.3. The minimum atomic E-state index is -0.225. The number of phenolic OH excluding ortho intramolecular Hbond substituents is 1. The number of phenols is 1. The molecule has 3 nitrogen and oxygen atoms in total. The Labute approximate surface area is 109 Å². The summed E-state index contributed by atoms with van der Waals surface area (Å²) >= 11 is 0. The van der Waals surface area contributed by atoms with E-state index in [0.717, 1.165) is 25.1 Å². The molecule has 2 N–H and O–H groups in total. The molecule has 0 saturated heterocycles. The molecule has 0 aliphatic heterocycles. The molecular formula is C15H23NO2. The number of hydrogen-bond donors (Lipinski definition) is 2. The Hall–Kier alpha value is -1.22. The molecule has 1 aliphatic carbocycles. The van der Waals surface area contributed by atoms with Crippen molar-refractivity contribution < 1.29 is 10.2 Å². The van der Waals surface area contributed by atoms with E-state index in [0.29, 0.717) is 5.92 Å². The molecular weight excluding hydrogens is 226 g/mol. The van der Waals surface area contributed by atoms with E-state index in [9.17, 15) is 10.2 Å². The molecule has 18 heavy (non-hydrogen) atoms. The number of rotatable bonds is 3. The molecule has 1 aliphatic rings. The molecule has 0 bridgehead atoms. The Bertz CT molecular complexity index is 399. The number of nitrogens with zero attached hydrogens (tertiary/aromatic N) is 1. The van der Waals surface area contributed by atoms with Crippen LogP contribution < -0.4 is 4.90 Å². The topological polar surface area (TPSA) is 43.7 Å². The average Bonchev–Trinajstić information content (AvgIpc) is 2.57. The van der Waals surface area contributed by atoms with Gasteiger partial charge in [-0.25, -0.2) is 0 Å². The van der Waals surface area contributed by atoms with Gasteiger partial charge in [-0.15, -0.1) is 0 Å². The predicted octanol–water partition coefficient (Wildman–Crippen LogP) is 2.63. The van der Waals surface area contributed by atoms with Gasteiger partial charge < -0.3 is 15.1 Å². The van der Waals surface area contributed by atoms with Crippen molar-refractivity contribution in [3.05, 3.63) is 24.3 Å². The summed E-state index contributed by atoms with van der Waals surface area (Å²) in [6.07, 6.45) is 1.94. The standard InChI is InChI=1S/C15H23NO2/c1-15(2)9-8-11(14(15)18)10-16(3)12-4-6-13(17)7-5-12/h4-7,11,14,17-18H,8-10H2,1-3H3. The maximum Gasteiger partial charge on any atom is 0.115 e. The summed E-state index contributed by atoms with van der Waals surface area (Å²) in [5.41, 5.74) is 1.12. The zero-order valence-corrected chi connectivity index (χ0v) is 11.4. The molecule has 1 saturated carbocycles. The van der Waals surface area contributed by atoms with Crippen LogP contribution in [-0.4, -0.2) is 29.9 Å². The van der Waals surface area contributed by atoms with Crippen LogP contribution in [0.2, 0.25) is 0 Å². The summed E-state index contributed by atoms with van der Waals surface area (Å²) in [4.78, 5) is 2.15. The summed E-state index contributed by atoms with van der Waals surface area (Å²) in [5.74, 6) is 0.619. The Kier molecular flexibility index (Phi) is 3.53. The van der Waals surface area contributed by atoms with Crippen molar-refractivity contribution in [1.82, 2.24) is 0 Å². The maximum atomic E-state index is 10.3. The highest BCUT2D eigenvalue weighted by Crippen LogP contribution is 2.41. The van der Waals surface area contributed by atoms with Gasteiger partial charge in [0.1, 0.15) is 5.75 Å². The van der Waals surface area contributed by atoms with E-state index in [4.69, 9.17) is 0 Å². The van der Waals surface area contributed by atoms with Gasteiger partial charge in [0, 0.05) is 25.2 Å². The molecule has 100 valence electrons. The van der Waals surface area contributed by atoms with Gasteiger partial charge in [-0.1, -0.05) is 13.8 Å². The van der Waals surface area contributed by atoms with Crippen molar-refractivity contribution in [1.29, 1.82) is 0 Å². The Morgan fingerprint density at radius 1 is 1.28 bits per heavy atom. The number of aromatic hydroxyl groups is 1. The van der Waals surface area contributed by atoms with Gasteiger partial charge in [0.05, 0.1) is 6.10 Å². The molecule has 3 heteroatoms. The number of aliphatic hydroxyl groups excluding tert-OH is 1. The SMILES string of the molecule is CN(CC1CCC(C)(C)C1O)c1ccc(O)cc1. The third kappa shape index (κ3) is 2.61. The fourth-order valence-electron chi connectivity index (χ4n) is 2.86. The second-order valence-corrected chi connectivity index (χ2v) is 6.13. The summed E-state index contributed by atoms with van der Waals surface area (Å²) in [5, 5.41) is 19.6. The fraction of sp³-hybridized carbons (Fsp3) is 0.600. The van der Waals surface area contributed by atoms with E-state index < -0.39 is 0 Å². The lowest BCUT2D eigenvalue weighted by atomic mass is 9.87. The average molecular weight is 249 g/mol. The van der Waals surface area contributed by atoms with Gasteiger partial charge in [-0.2, -0.15) is 0 Å². The largest absolute Gasteiger partial charge is 0.508 e. The molecule has 2 unspecified atom stereocenters. The first-order valence-corrected chi connectivity index (χ1v) is 6.58. The van der Waals surface area contributed by atoms with Gasteiger partial charge >= 0.3 is 0 Å². The lowest BCUT2D eigenvalue weighted by molar-refractivity contribution is 0.0484. The van der Waals surface area contributed by atoms with Crippen LogP contribution >= 0.6 is 0 Å². The third-order valence-corrected chi connectivity index (χ3v) is 4.21. The number of aliphatic hydroxyl groups is 1. The molecule has 2 atom stereocenters. The molecule has 0 aromatic heterocycles. The molecule has 0 amide bonds. The van der Waals surface area contributed by atoms with Gasteiger partial charge in [0.2, 0.25) is 0 Å². The Balaban J connectivity index is 2.00. The lowest BCUT2D eigenvalue weighted by Gasteiger charge is -2.29. The smallest absolute Gasteiger partial charge is 0.115 e. The van der Waals surface area contributed by atoms with Crippen molar-refractivity contribution >= 4 is 5.69 Å². The molecule has 0 radical (unpaired) electrons. The van der Waals surface area contributed by atoms with Crippen LogP contribution in [0.1, 0.15) is 26.7 Å². The minimum absolute atomic E-state index is 0.0421. The normalized spacial score (nSPS) is 26.2. The van der Waals surface area contributed by atoms with E-state index in [2.05, 4.69) is 18.7 Å². The first-order valence-electron chi connectivity index (χ1n) is 6.58. The minimum Gasteiger partial charge on any atom is -0.508 e. The summed E-state index contributed by atoms with van der Waals surface area (Å²) < 4.78 is 0. The van der Waals surface area contributed by atoms with Gasteiger partial charge in [0.25, 0.3) is 0 Å². The quantitative estimate of drug-likeness (QED) is 0.865.